The first kappa shape index (κ1) is 46.5. The minimum Gasteiger partial charge on any atom is -0.508 e. The second-order valence-corrected chi connectivity index (χ2v) is 17.5. The molecule has 21 heteroatoms. The fourth-order valence-electron chi connectivity index (χ4n) is 10.0. The number of hydrazine groups is 1. The SMILES string of the molecule is O=C1[C@@H]2C[C@@H]3C(=CC[C@@H]4C(=O)N(c5cc(C(F)(F)F)cc(C(F)(F)F)c5)C(=O)[C@@H]43)[C@H](c3ccc(OCc4ccccc4)cc3O)[C@]2(c2ccc(Cl)cc2)C(=O)N1Nc1ncc(C(F)(F)F)cc1Cl. The van der Waals surface area contributed by atoms with Crippen molar-refractivity contribution < 1.29 is 68.5 Å². The summed E-state index contributed by atoms with van der Waals surface area (Å²) in [6.07, 6.45) is -14.4. The summed E-state index contributed by atoms with van der Waals surface area (Å²) >= 11 is 12.6. The van der Waals surface area contributed by atoms with Crippen LogP contribution in [0.2, 0.25) is 10.0 Å². The molecular weight excluding hydrogens is 958 g/mol. The van der Waals surface area contributed by atoms with Crippen molar-refractivity contribution in [3.8, 4) is 11.5 Å². The predicted octanol–water partition coefficient (Wildman–Crippen LogP) is 10.9. The summed E-state index contributed by atoms with van der Waals surface area (Å²) in [5.41, 5.74) is -4.34. The predicted molar refractivity (Wildman–Crippen MR) is 225 cm³/mol. The molecule has 2 N–H and O–H groups in total. The number of pyridine rings is 1. The number of rotatable bonds is 8. The van der Waals surface area contributed by atoms with Gasteiger partial charge in [-0.2, -0.15) is 44.5 Å². The van der Waals surface area contributed by atoms with E-state index in [0.717, 1.165) is 5.56 Å². The van der Waals surface area contributed by atoms with E-state index in [1.165, 1.54) is 48.5 Å². The number of fused-ring (bicyclic) bond motifs is 4. The number of allylic oxidation sites excluding steroid dienone is 2. The molecule has 0 radical (unpaired) electrons. The second kappa shape index (κ2) is 16.6. The molecular formula is C47H31Cl2F9N4O6. The van der Waals surface area contributed by atoms with Gasteiger partial charge in [0.05, 0.1) is 50.6 Å². The van der Waals surface area contributed by atoms with Crippen LogP contribution in [0.1, 0.15) is 52.1 Å². The van der Waals surface area contributed by atoms with Gasteiger partial charge in [0, 0.05) is 28.8 Å². The largest absolute Gasteiger partial charge is 0.508 e. The molecule has 68 heavy (non-hydrogen) atoms. The van der Waals surface area contributed by atoms with E-state index >= 15 is 9.59 Å². The van der Waals surface area contributed by atoms with Crippen molar-refractivity contribution in [3.05, 3.63) is 158 Å². The summed E-state index contributed by atoms with van der Waals surface area (Å²) in [6.45, 7) is 0.0628. The Bertz CT molecular complexity index is 2900. The maximum absolute atomic E-state index is 15.5. The third-order valence-electron chi connectivity index (χ3n) is 12.9. The Balaban J connectivity index is 1.20. The molecule has 3 heterocycles. The Hall–Kier alpha value is -6.60. The van der Waals surface area contributed by atoms with E-state index in [4.69, 9.17) is 27.9 Å². The van der Waals surface area contributed by atoms with Crippen LogP contribution in [-0.2, 0) is 49.7 Å². The van der Waals surface area contributed by atoms with Crippen LogP contribution >= 0.6 is 23.2 Å². The summed E-state index contributed by atoms with van der Waals surface area (Å²) in [7, 11) is 0. The number of phenolic OH excluding ortho intramolecular Hbond substituents is 1. The number of nitrogens with zero attached hydrogens (tertiary/aromatic N) is 3. The zero-order valence-corrected chi connectivity index (χ0v) is 35.9. The molecule has 352 valence electrons. The molecule has 2 aliphatic heterocycles. The topological polar surface area (TPSA) is 129 Å². The molecule has 4 aliphatic rings. The van der Waals surface area contributed by atoms with Crippen LogP contribution in [0.15, 0.2) is 115 Å². The molecule has 5 aromatic rings. The lowest BCUT2D eigenvalue weighted by Crippen LogP contribution is -2.53. The molecule has 6 atom stereocenters. The molecule has 1 aromatic heterocycles. The Morgan fingerprint density at radius 2 is 1.40 bits per heavy atom. The minimum atomic E-state index is -5.33. The number of aromatic nitrogens is 1. The van der Waals surface area contributed by atoms with Crippen molar-refractivity contribution >= 4 is 58.3 Å². The number of anilines is 2. The number of phenols is 1. The van der Waals surface area contributed by atoms with Gasteiger partial charge >= 0.3 is 18.5 Å². The average Bonchev–Trinajstić information content (AvgIpc) is 3.66. The van der Waals surface area contributed by atoms with E-state index in [1.807, 2.05) is 0 Å². The van der Waals surface area contributed by atoms with E-state index in [1.54, 1.807) is 30.3 Å². The van der Waals surface area contributed by atoms with Crippen molar-refractivity contribution in [2.24, 2.45) is 23.7 Å². The molecule has 1 saturated carbocycles. The van der Waals surface area contributed by atoms with E-state index in [9.17, 15) is 54.2 Å². The van der Waals surface area contributed by atoms with Crippen molar-refractivity contribution in [1.82, 2.24) is 9.99 Å². The fourth-order valence-corrected chi connectivity index (χ4v) is 10.4. The molecule has 4 aromatic carbocycles. The first-order chi connectivity index (χ1) is 32.0. The highest BCUT2D eigenvalue weighted by Crippen LogP contribution is 2.65. The number of halogens is 11. The number of aromatic hydroxyl groups is 1. The second-order valence-electron chi connectivity index (χ2n) is 16.7. The number of alkyl halides is 9. The van der Waals surface area contributed by atoms with Gasteiger partial charge in [0.1, 0.15) is 18.1 Å². The van der Waals surface area contributed by atoms with Gasteiger partial charge in [0.2, 0.25) is 11.8 Å². The number of carbonyl (C=O) groups excluding carboxylic acids is 4. The molecule has 9 rings (SSSR count). The number of benzene rings is 4. The number of hydrogen-bond acceptors (Lipinski definition) is 8. The Kier molecular flexibility index (Phi) is 11.3. The summed E-state index contributed by atoms with van der Waals surface area (Å²) in [6, 6.07) is 19.7. The van der Waals surface area contributed by atoms with Crippen molar-refractivity contribution in [3.63, 3.8) is 0 Å². The fraction of sp³-hybridized carbons (Fsp3) is 0.255. The van der Waals surface area contributed by atoms with Crippen LogP contribution < -0.4 is 15.1 Å². The molecule has 2 saturated heterocycles. The highest BCUT2D eigenvalue weighted by molar-refractivity contribution is 6.33. The Labute approximate surface area is 388 Å². The van der Waals surface area contributed by atoms with Crippen LogP contribution in [0.5, 0.6) is 11.5 Å². The van der Waals surface area contributed by atoms with Gasteiger partial charge in [-0.1, -0.05) is 83.4 Å². The smallest absolute Gasteiger partial charge is 0.417 e. The summed E-state index contributed by atoms with van der Waals surface area (Å²) in [5, 5.41) is 12.1. The molecule has 0 bridgehead atoms. The van der Waals surface area contributed by atoms with Crippen LogP contribution in [-0.4, -0.2) is 38.7 Å². The lowest BCUT2D eigenvalue weighted by molar-refractivity contribution is -0.143. The third kappa shape index (κ3) is 7.78. The first-order valence-electron chi connectivity index (χ1n) is 20.5. The standard InChI is InChI=1S/C47H31Cl2F9N4O6/c48-27-8-6-23(7-9-27)44-34(41(65)62(43(44)67)60-39-35(49)17-26(20-59-39)47(56,57)58)19-33-30(38(44)31-11-10-29(18-36(31)63)68-21-22-4-2-1-3-5-22)12-13-32-37(33)42(66)61(40(32)64)28-15-24(45(50,51)52)14-25(16-28)46(53,54)55/h1-12,14-18,20,32-34,37-38,63H,13,19,21H2,(H,59,60)/t32-,33+,34-,37-,38+,44+/m0/s1. The third-order valence-corrected chi connectivity index (χ3v) is 13.5. The quantitative estimate of drug-likeness (QED) is 0.0893. The number of carbonyl (C=O) groups is 4. The maximum atomic E-state index is 15.5. The molecule has 0 unspecified atom stereocenters. The monoisotopic (exact) mass is 988 g/mol. The van der Waals surface area contributed by atoms with Crippen LogP contribution in [0.25, 0.3) is 0 Å². The number of hydrogen-bond donors (Lipinski definition) is 2. The van der Waals surface area contributed by atoms with Gasteiger partial charge in [-0.25, -0.2) is 9.88 Å². The number of ether oxygens (including phenoxy) is 1. The first-order valence-corrected chi connectivity index (χ1v) is 21.3. The number of nitrogens with one attached hydrogen (secondary N) is 1. The highest BCUT2D eigenvalue weighted by atomic mass is 35.5. The Morgan fingerprint density at radius 3 is 2.00 bits per heavy atom. The summed E-state index contributed by atoms with van der Waals surface area (Å²) in [4.78, 5) is 63.4. The van der Waals surface area contributed by atoms with Crippen molar-refractivity contribution in [2.45, 2.75) is 49.3 Å². The zero-order valence-electron chi connectivity index (χ0n) is 34.4. The van der Waals surface area contributed by atoms with Gasteiger partial charge in [0.15, 0.2) is 5.82 Å². The van der Waals surface area contributed by atoms with E-state index in [-0.39, 0.29) is 63.6 Å². The van der Waals surface area contributed by atoms with Gasteiger partial charge in [0.25, 0.3) is 11.8 Å². The van der Waals surface area contributed by atoms with Crippen molar-refractivity contribution in [2.75, 3.05) is 10.3 Å². The lowest BCUT2D eigenvalue weighted by Gasteiger charge is -2.50. The van der Waals surface area contributed by atoms with E-state index in [0.29, 0.717) is 17.3 Å². The van der Waals surface area contributed by atoms with Gasteiger partial charge in [-0.05, 0) is 72.4 Å². The van der Waals surface area contributed by atoms with Gasteiger partial charge < -0.3 is 9.84 Å². The van der Waals surface area contributed by atoms with Crippen LogP contribution in [0.4, 0.5) is 51.0 Å². The van der Waals surface area contributed by atoms with Gasteiger partial charge in [-0.15, -0.1) is 0 Å². The number of amides is 4. The molecule has 3 fully saturated rings. The van der Waals surface area contributed by atoms with Crippen molar-refractivity contribution in [1.29, 1.82) is 0 Å². The van der Waals surface area contributed by atoms with E-state index < -0.39 is 123 Å². The maximum Gasteiger partial charge on any atom is 0.417 e. The minimum absolute atomic E-state index is 0.0126. The lowest BCUT2D eigenvalue weighted by atomic mass is 9.49. The average molecular weight is 990 g/mol. The highest BCUT2D eigenvalue weighted by Gasteiger charge is 2.71. The Morgan fingerprint density at radius 1 is 0.750 bits per heavy atom. The van der Waals surface area contributed by atoms with E-state index in [2.05, 4.69) is 10.4 Å². The van der Waals surface area contributed by atoms with Crippen LogP contribution in [0.3, 0.4) is 0 Å². The zero-order chi connectivity index (χ0) is 48.8. The summed E-state index contributed by atoms with van der Waals surface area (Å²) in [5.74, 6) is -12.4. The van der Waals surface area contributed by atoms with Crippen LogP contribution in [0, 0.1) is 23.7 Å². The molecule has 10 nitrogen and oxygen atoms in total. The molecule has 4 amide bonds. The van der Waals surface area contributed by atoms with Gasteiger partial charge in [-0.3, -0.25) is 24.6 Å². The normalized spacial score (nSPS) is 23.9. The molecule has 2 aliphatic carbocycles. The molecule has 0 spiro atoms. The number of imide groups is 2. The summed E-state index contributed by atoms with van der Waals surface area (Å²) < 4.78 is 131.